The lowest BCUT2D eigenvalue weighted by atomic mass is 9.98. The van der Waals surface area contributed by atoms with Crippen molar-refractivity contribution in [3.8, 4) is 5.75 Å². The minimum Gasteiger partial charge on any atom is -0.497 e. The highest BCUT2D eigenvalue weighted by Gasteiger charge is 2.34. The minimum absolute atomic E-state index is 0.498. The van der Waals surface area contributed by atoms with E-state index in [1.807, 2.05) is 0 Å². The van der Waals surface area contributed by atoms with Crippen LogP contribution in [0.3, 0.4) is 0 Å². The standard InChI is InChI=1S/C15H23N3O/c1-17-7-8-18-13(11-17)9-16-10-15(18)12-3-5-14(19-2)6-4-12/h3-6,13,15-16H,7-11H2,1-2H3. The smallest absolute Gasteiger partial charge is 0.118 e. The molecule has 0 spiro atoms. The molecule has 3 rings (SSSR count). The molecule has 4 heteroatoms. The van der Waals surface area contributed by atoms with Crippen molar-refractivity contribution >= 4 is 0 Å². The van der Waals surface area contributed by atoms with Gasteiger partial charge in [-0.15, -0.1) is 0 Å². The maximum absolute atomic E-state index is 5.24. The summed E-state index contributed by atoms with van der Waals surface area (Å²) in [5, 5.41) is 3.58. The molecule has 0 aromatic heterocycles. The Bertz CT molecular complexity index is 420. The summed E-state index contributed by atoms with van der Waals surface area (Å²) in [4.78, 5) is 5.09. The van der Waals surface area contributed by atoms with Gasteiger partial charge in [0, 0.05) is 44.8 Å². The monoisotopic (exact) mass is 261 g/mol. The minimum atomic E-state index is 0.498. The topological polar surface area (TPSA) is 27.7 Å². The number of ether oxygens (including phenoxy) is 1. The first-order valence-electron chi connectivity index (χ1n) is 7.07. The van der Waals surface area contributed by atoms with Crippen LogP contribution in [0.5, 0.6) is 5.75 Å². The van der Waals surface area contributed by atoms with Gasteiger partial charge in [-0.2, -0.15) is 0 Å². The number of fused-ring (bicyclic) bond motifs is 1. The number of hydrogen-bond donors (Lipinski definition) is 1. The van der Waals surface area contributed by atoms with Crippen molar-refractivity contribution in [2.24, 2.45) is 0 Å². The van der Waals surface area contributed by atoms with Gasteiger partial charge in [0.15, 0.2) is 0 Å². The summed E-state index contributed by atoms with van der Waals surface area (Å²) in [6.45, 7) is 5.66. The highest BCUT2D eigenvalue weighted by atomic mass is 16.5. The van der Waals surface area contributed by atoms with E-state index in [0.29, 0.717) is 12.1 Å². The van der Waals surface area contributed by atoms with Gasteiger partial charge in [0.05, 0.1) is 7.11 Å². The number of nitrogens with one attached hydrogen (secondary N) is 1. The van der Waals surface area contributed by atoms with Crippen LogP contribution in [-0.2, 0) is 0 Å². The number of hydrogen-bond acceptors (Lipinski definition) is 4. The van der Waals surface area contributed by atoms with Gasteiger partial charge in [0.2, 0.25) is 0 Å². The second-order valence-corrected chi connectivity index (χ2v) is 5.60. The molecule has 1 aromatic rings. The summed E-state index contributed by atoms with van der Waals surface area (Å²) >= 11 is 0. The molecule has 0 bridgehead atoms. The van der Waals surface area contributed by atoms with Gasteiger partial charge < -0.3 is 15.0 Å². The molecule has 1 N–H and O–H groups in total. The Balaban J connectivity index is 1.78. The third-order valence-electron chi connectivity index (χ3n) is 4.35. The average Bonchev–Trinajstić information content (AvgIpc) is 2.46. The van der Waals surface area contributed by atoms with Crippen molar-refractivity contribution in [1.29, 1.82) is 0 Å². The molecule has 0 amide bonds. The highest BCUT2D eigenvalue weighted by Crippen LogP contribution is 2.28. The molecule has 2 aliphatic rings. The van der Waals surface area contributed by atoms with E-state index in [2.05, 4.69) is 46.4 Å². The highest BCUT2D eigenvalue weighted by molar-refractivity contribution is 5.30. The zero-order chi connectivity index (χ0) is 13.2. The quantitative estimate of drug-likeness (QED) is 0.858. The van der Waals surface area contributed by atoms with Crippen LogP contribution in [-0.4, -0.2) is 62.7 Å². The van der Waals surface area contributed by atoms with E-state index in [1.165, 1.54) is 25.2 Å². The molecular weight excluding hydrogens is 238 g/mol. The molecular formula is C15H23N3O. The Kier molecular flexibility index (Phi) is 3.73. The lowest BCUT2D eigenvalue weighted by Crippen LogP contribution is -2.61. The third kappa shape index (κ3) is 2.61. The van der Waals surface area contributed by atoms with Crippen molar-refractivity contribution in [2.45, 2.75) is 12.1 Å². The van der Waals surface area contributed by atoms with Crippen LogP contribution >= 0.6 is 0 Å². The summed E-state index contributed by atoms with van der Waals surface area (Å²) in [5.74, 6) is 0.933. The summed E-state index contributed by atoms with van der Waals surface area (Å²) in [5.41, 5.74) is 1.39. The Morgan fingerprint density at radius 3 is 2.68 bits per heavy atom. The van der Waals surface area contributed by atoms with Crippen LogP contribution in [0.4, 0.5) is 0 Å². The second-order valence-electron chi connectivity index (χ2n) is 5.60. The predicted molar refractivity (Wildman–Crippen MR) is 76.6 cm³/mol. The van der Waals surface area contributed by atoms with Gasteiger partial charge in [-0.05, 0) is 24.7 Å². The molecule has 4 nitrogen and oxygen atoms in total. The molecule has 2 heterocycles. The summed E-state index contributed by atoms with van der Waals surface area (Å²) < 4.78 is 5.24. The van der Waals surface area contributed by atoms with Crippen LogP contribution in [0.1, 0.15) is 11.6 Å². The first-order valence-corrected chi connectivity index (χ1v) is 7.07. The molecule has 2 atom stereocenters. The maximum atomic E-state index is 5.24. The molecule has 2 fully saturated rings. The van der Waals surface area contributed by atoms with E-state index < -0.39 is 0 Å². The molecule has 1 aromatic carbocycles. The Labute approximate surface area is 115 Å². The second kappa shape index (κ2) is 5.49. The maximum Gasteiger partial charge on any atom is 0.118 e. The van der Waals surface area contributed by atoms with Crippen molar-refractivity contribution in [3.05, 3.63) is 29.8 Å². The largest absolute Gasteiger partial charge is 0.497 e. The first kappa shape index (κ1) is 12.9. The summed E-state index contributed by atoms with van der Waals surface area (Å²) in [6, 6.07) is 9.67. The lowest BCUT2D eigenvalue weighted by molar-refractivity contribution is 0.0290. The molecule has 0 radical (unpaired) electrons. The predicted octanol–water partition coefficient (Wildman–Crippen LogP) is 0.956. The summed E-state index contributed by atoms with van der Waals surface area (Å²) in [7, 11) is 3.93. The molecule has 19 heavy (non-hydrogen) atoms. The van der Waals surface area contributed by atoms with E-state index in [0.717, 1.165) is 18.8 Å². The molecule has 104 valence electrons. The normalized spacial score (nSPS) is 28.9. The van der Waals surface area contributed by atoms with Crippen LogP contribution in [0, 0.1) is 0 Å². The molecule has 2 unspecified atom stereocenters. The van der Waals surface area contributed by atoms with Gasteiger partial charge in [-0.25, -0.2) is 0 Å². The first-order chi connectivity index (χ1) is 9.28. The number of nitrogens with zero attached hydrogens (tertiary/aromatic N) is 2. The summed E-state index contributed by atoms with van der Waals surface area (Å²) in [6.07, 6.45) is 0. The van der Waals surface area contributed by atoms with Crippen molar-refractivity contribution < 1.29 is 4.74 Å². The Hall–Kier alpha value is -1.10. The molecule has 2 saturated heterocycles. The van der Waals surface area contributed by atoms with E-state index >= 15 is 0 Å². The fourth-order valence-corrected chi connectivity index (χ4v) is 3.26. The Morgan fingerprint density at radius 2 is 1.95 bits per heavy atom. The zero-order valence-electron chi connectivity index (χ0n) is 11.8. The van der Waals surface area contributed by atoms with E-state index in [1.54, 1.807) is 7.11 Å². The van der Waals surface area contributed by atoms with E-state index in [-0.39, 0.29) is 0 Å². The molecule has 2 aliphatic heterocycles. The van der Waals surface area contributed by atoms with Crippen LogP contribution in [0.15, 0.2) is 24.3 Å². The molecule has 0 aliphatic carbocycles. The number of likely N-dealkylation sites (N-methyl/N-ethyl adjacent to an activating group) is 1. The van der Waals surface area contributed by atoms with Crippen LogP contribution < -0.4 is 10.1 Å². The fraction of sp³-hybridized carbons (Fsp3) is 0.600. The lowest BCUT2D eigenvalue weighted by Gasteiger charge is -2.48. The van der Waals surface area contributed by atoms with Gasteiger partial charge in [0.25, 0.3) is 0 Å². The SMILES string of the molecule is COc1ccc(C2CNCC3CN(C)CCN32)cc1. The van der Waals surface area contributed by atoms with Gasteiger partial charge in [-0.1, -0.05) is 12.1 Å². The number of rotatable bonds is 2. The Morgan fingerprint density at radius 1 is 1.16 bits per heavy atom. The molecule has 0 saturated carbocycles. The van der Waals surface area contributed by atoms with Crippen LogP contribution in [0.25, 0.3) is 0 Å². The van der Waals surface area contributed by atoms with Crippen molar-refractivity contribution in [1.82, 2.24) is 15.1 Å². The van der Waals surface area contributed by atoms with Crippen molar-refractivity contribution in [2.75, 3.05) is 46.9 Å². The van der Waals surface area contributed by atoms with Crippen molar-refractivity contribution in [3.63, 3.8) is 0 Å². The van der Waals surface area contributed by atoms with Crippen LogP contribution in [0.2, 0.25) is 0 Å². The zero-order valence-corrected chi connectivity index (χ0v) is 11.8. The average molecular weight is 261 g/mol. The number of piperazine rings is 2. The van der Waals surface area contributed by atoms with Gasteiger partial charge in [0.1, 0.15) is 5.75 Å². The fourth-order valence-electron chi connectivity index (χ4n) is 3.26. The van der Waals surface area contributed by atoms with E-state index in [4.69, 9.17) is 4.74 Å². The third-order valence-corrected chi connectivity index (χ3v) is 4.35. The van der Waals surface area contributed by atoms with E-state index in [9.17, 15) is 0 Å². The number of benzene rings is 1. The van der Waals surface area contributed by atoms with Gasteiger partial charge in [-0.3, -0.25) is 4.90 Å². The number of methoxy groups -OCH3 is 1. The van der Waals surface area contributed by atoms with Gasteiger partial charge >= 0.3 is 0 Å².